The van der Waals surface area contributed by atoms with Gasteiger partial charge in [-0.2, -0.15) is 26.3 Å². The maximum Gasteiger partial charge on any atom is 0.400 e. The van der Waals surface area contributed by atoms with Crippen molar-refractivity contribution in [2.75, 3.05) is 0 Å². The second-order valence-electron chi connectivity index (χ2n) is 8.43. The van der Waals surface area contributed by atoms with Gasteiger partial charge in [0.25, 0.3) is 0 Å². The molecule has 0 aliphatic heterocycles. The van der Waals surface area contributed by atoms with E-state index in [1.807, 2.05) is 54.7 Å². The van der Waals surface area contributed by atoms with Gasteiger partial charge in [0.1, 0.15) is 0 Å². The Morgan fingerprint density at radius 2 is 1.38 bits per heavy atom. The van der Waals surface area contributed by atoms with Crippen molar-refractivity contribution in [3.63, 3.8) is 0 Å². The van der Waals surface area contributed by atoms with Crippen molar-refractivity contribution in [2.24, 2.45) is 0 Å². The number of hydrogen-bond acceptors (Lipinski definition) is 2. The maximum atomic E-state index is 13.1. The molecule has 2 nitrogen and oxygen atoms in total. The summed E-state index contributed by atoms with van der Waals surface area (Å²) >= 11 is 0. The van der Waals surface area contributed by atoms with Crippen LogP contribution >= 0.6 is 0 Å². The van der Waals surface area contributed by atoms with E-state index in [4.69, 9.17) is 0 Å². The minimum Gasteiger partial charge on any atom is -0.305 e. The van der Waals surface area contributed by atoms with E-state index in [0.29, 0.717) is 11.6 Å². The summed E-state index contributed by atoms with van der Waals surface area (Å²) in [5.41, 5.74) is 0.609. The van der Waals surface area contributed by atoms with Crippen molar-refractivity contribution >= 4 is 0 Å². The first-order chi connectivity index (χ1) is 18.5. The Labute approximate surface area is 241 Å². The molecule has 2 aromatic heterocycles. The predicted octanol–water partition coefficient (Wildman–Crippen LogP) is 9.11. The average Bonchev–Trinajstić information content (AvgIpc) is 2.93. The number of halogens is 6. The maximum absolute atomic E-state index is 13.1. The van der Waals surface area contributed by atoms with Crippen LogP contribution in [-0.4, -0.2) is 9.97 Å². The molecule has 0 spiro atoms. The Balaban J connectivity index is 0.000000217. The molecule has 0 atom stereocenters. The summed E-state index contributed by atoms with van der Waals surface area (Å²) in [6.07, 6.45) is -7.15. The zero-order chi connectivity index (χ0) is 28.0. The smallest absolute Gasteiger partial charge is 0.305 e. The third-order valence-corrected chi connectivity index (χ3v) is 5.61. The molecule has 207 valence electrons. The predicted molar refractivity (Wildman–Crippen MR) is 137 cm³/mol. The third-order valence-electron chi connectivity index (χ3n) is 5.61. The Bertz CT molecular complexity index is 1460. The van der Waals surface area contributed by atoms with Gasteiger partial charge >= 0.3 is 12.4 Å². The molecule has 40 heavy (non-hydrogen) atoms. The van der Waals surface area contributed by atoms with E-state index in [2.05, 4.69) is 40.3 Å². The molecule has 0 amide bonds. The first-order valence-electron chi connectivity index (χ1n) is 11.6. The first kappa shape index (κ1) is 30.7. The molecule has 3 aromatic carbocycles. The van der Waals surface area contributed by atoms with E-state index in [9.17, 15) is 26.3 Å². The Morgan fingerprint density at radius 1 is 0.650 bits per heavy atom. The number of benzene rings is 3. The quantitative estimate of drug-likeness (QED) is 0.137. The van der Waals surface area contributed by atoms with Gasteiger partial charge in [-0.05, 0) is 52.2 Å². The standard InChI is InChI=1S/C17H12N.C14H8F6N.Ir/c1-3-7-14(8-4-1)16-11-12-18-17(13-16)15-9-5-2-6-10-15;1-8-5-6-11(21-7-8)9-3-2-4-10(13(15,16)17)12(9)14(18,19)20;/h1-9,11-13H;2,4-7H,1H3;/q2*-1;. The van der Waals surface area contributed by atoms with Crippen LogP contribution in [0.15, 0.2) is 103 Å². The number of alkyl halides is 6. The third kappa shape index (κ3) is 7.64. The van der Waals surface area contributed by atoms with Crippen LogP contribution in [0.5, 0.6) is 0 Å². The second-order valence-corrected chi connectivity index (χ2v) is 8.43. The fraction of sp³-hybridized carbons (Fsp3) is 0.0968. The van der Waals surface area contributed by atoms with Crippen LogP contribution < -0.4 is 0 Å². The monoisotopic (exact) mass is 727 g/mol. The Hall–Kier alpha value is -3.81. The summed E-state index contributed by atoms with van der Waals surface area (Å²) in [4.78, 5) is 8.15. The van der Waals surface area contributed by atoms with Gasteiger partial charge in [0, 0.05) is 32.5 Å². The summed E-state index contributed by atoms with van der Waals surface area (Å²) in [6, 6.07) is 31.6. The van der Waals surface area contributed by atoms with Crippen molar-refractivity contribution in [1.82, 2.24) is 9.97 Å². The SMILES string of the molecule is Cc1ccc(-c2[c-]ccc(C(F)(F)F)c2C(F)(F)F)nc1.[Ir].[c-]1ccccc1-c1cc(-c2ccccc2)ccn1. The average molecular weight is 727 g/mol. The fourth-order valence-electron chi connectivity index (χ4n) is 3.79. The number of hydrogen-bond donors (Lipinski definition) is 0. The zero-order valence-corrected chi connectivity index (χ0v) is 23.2. The van der Waals surface area contributed by atoms with E-state index < -0.39 is 29.0 Å². The van der Waals surface area contributed by atoms with E-state index in [-0.39, 0.29) is 25.8 Å². The number of pyridine rings is 2. The molecule has 0 saturated heterocycles. The van der Waals surface area contributed by atoms with E-state index in [1.165, 1.54) is 29.5 Å². The van der Waals surface area contributed by atoms with E-state index >= 15 is 0 Å². The molecule has 5 rings (SSSR count). The molecule has 5 aromatic rings. The molecule has 0 N–H and O–H groups in total. The zero-order valence-electron chi connectivity index (χ0n) is 20.8. The topological polar surface area (TPSA) is 25.8 Å². The normalized spacial score (nSPS) is 11.2. The summed E-state index contributed by atoms with van der Waals surface area (Å²) in [7, 11) is 0. The van der Waals surface area contributed by atoms with Crippen LogP contribution in [0.25, 0.3) is 33.6 Å². The van der Waals surface area contributed by atoms with Crippen molar-refractivity contribution in [2.45, 2.75) is 19.3 Å². The van der Waals surface area contributed by atoms with Gasteiger partial charge in [0.05, 0.1) is 0 Å². The second kappa shape index (κ2) is 13.0. The van der Waals surface area contributed by atoms with Gasteiger partial charge in [-0.25, -0.2) is 0 Å². The van der Waals surface area contributed by atoms with Crippen LogP contribution in [0.3, 0.4) is 0 Å². The molecule has 1 radical (unpaired) electrons. The Morgan fingerprint density at radius 3 is 1.98 bits per heavy atom. The first-order valence-corrected chi connectivity index (χ1v) is 11.6. The van der Waals surface area contributed by atoms with Crippen LogP contribution in [0, 0.1) is 19.1 Å². The van der Waals surface area contributed by atoms with Gasteiger partial charge in [-0.15, -0.1) is 59.7 Å². The van der Waals surface area contributed by atoms with Crippen LogP contribution in [0.1, 0.15) is 16.7 Å². The number of rotatable bonds is 3. The molecule has 0 aliphatic rings. The molecular formula is C31H20F6IrN2-2. The molecule has 9 heteroatoms. The van der Waals surface area contributed by atoms with E-state index in [1.54, 1.807) is 6.92 Å². The molecule has 0 bridgehead atoms. The minimum absolute atomic E-state index is 0. The van der Waals surface area contributed by atoms with Crippen LogP contribution in [0.2, 0.25) is 0 Å². The number of nitrogens with zero attached hydrogens (tertiary/aromatic N) is 2. The summed E-state index contributed by atoms with van der Waals surface area (Å²) < 4.78 is 77.6. The van der Waals surface area contributed by atoms with Gasteiger partial charge in [0.15, 0.2) is 0 Å². The summed E-state index contributed by atoms with van der Waals surface area (Å²) in [5, 5.41) is 0. The number of aryl methyl sites for hydroxylation is 1. The van der Waals surface area contributed by atoms with Gasteiger partial charge < -0.3 is 9.97 Å². The van der Waals surface area contributed by atoms with E-state index in [0.717, 1.165) is 17.3 Å². The van der Waals surface area contributed by atoms with Gasteiger partial charge in [-0.3, -0.25) is 0 Å². The van der Waals surface area contributed by atoms with Crippen LogP contribution in [-0.2, 0) is 32.5 Å². The number of aromatic nitrogens is 2. The molecular weight excluding hydrogens is 707 g/mol. The molecule has 0 unspecified atom stereocenters. The van der Waals surface area contributed by atoms with Crippen molar-refractivity contribution in [1.29, 1.82) is 0 Å². The van der Waals surface area contributed by atoms with Crippen molar-refractivity contribution in [3.8, 4) is 33.6 Å². The fourth-order valence-corrected chi connectivity index (χ4v) is 3.79. The van der Waals surface area contributed by atoms with Crippen LogP contribution in [0.4, 0.5) is 26.3 Å². The van der Waals surface area contributed by atoms with Gasteiger partial charge in [-0.1, -0.05) is 48.5 Å². The Kier molecular flexibility index (Phi) is 10.0. The molecule has 0 aliphatic carbocycles. The van der Waals surface area contributed by atoms with Gasteiger partial charge in [0.2, 0.25) is 0 Å². The largest absolute Gasteiger partial charge is 0.400 e. The molecule has 2 heterocycles. The molecule has 0 fully saturated rings. The molecule has 0 saturated carbocycles. The van der Waals surface area contributed by atoms with Crippen molar-refractivity contribution in [3.05, 3.63) is 132 Å². The van der Waals surface area contributed by atoms with Crippen molar-refractivity contribution < 1.29 is 46.4 Å². The summed E-state index contributed by atoms with van der Waals surface area (Å²) in [5.74, 6) is 0. The summed E-state index contributed by atoms with van der Waals surface area (Å²) in [6.45, 7) is 1.66. The minimum atomic E-state index is -5.16.